The highest BCUT2D eigenvalue weighted by Gasteiger charge is 2.29. The second-order valence-corrected chi connectivity index (χ2v) is 9.11. The van der Waals surface area contributed by atoms with Crippen molar-refractivity contribution in [1.29, 1.82) is 0 Å². The zero-order valence-corrected chi connectivity index (χ0v) is 13.9. The number of hydrogen-bond donors (Lipinski definition) is 1. The number of thiazole rings is 1. The van der Waals surface area contributed by atoms with Crippen LogP contribution in [0.1, 0.15) is 25.6 Å². The van der Waals surface area contributed by atoms with Crippen molar-refractivity contribution >= 4 is 26.3 Å². The van der Waals surface area contributed by atoms with Crippen molar-refractivity contribution in [3.63, 3.8) is 0 Å². The first-order chi connectivity index (χ1) is 9.37. The Labute approximate surface area is 125 Å². The Kier molecular flexibility index (Phi) is 5.04. The Balaban J connectivity index is 1.95. The van der Waals surface area contributed by atoms with E-state index in [1.54, 1.807) is 11.3 Å². The van der Waals surface area contributed by atoms with Gasteiger partial charge in [0, 0.05) is 30.2 Å². The molecule has 114 valence electrons. The van der Waals surface area contributed by atoms with E-state index in [4.69, 9.17) is 0 Å². The Morgan fingerprint density at radius 1 is 1.55 bits per heavy atom. The molecule has 1 aromatic rings. The van der Waals surface area contributed by atoms with Gasteiger partial charge in [-0.15, -0.1) is 11.3 Å². The first kappa shape index (κ1) is 15.7. The summed E-state index contributed by atoms with van der Waals surface area (Å²) in [6.45, 7) is 8.69. The first-order valence-corrected chi connectivity index (χ1v) is 9.63. The first-order valence-electron chi connectivity index (χ1n) is 7.00. The molecule has 1 atom stereocenters. The second-order valence-electron chi connectivity index (χ2n) is 5.79. The van der Waals surface area contributed by atoms with Gasteiger partial charge in [0.2, 0.25) is 0 Å². The molecular formula is C13H23N3O2S2. The largest absolute Gasteiger partial charge is 0.343 e. The van der Waals surface area contributed by atoms with Crippen molar-refractivity contribution < 1.29 is 8.42 Å². The molecule has 1 aliphatic rings. The van der Waals surface area contributed by atoms with Crippen LogP contribution in [0.3, 0.4) is 0 Å². The molecule has 0 aliphatic carbocycles. The minimum absolute atomic E-state index is 0.0105. The van der Waals surface area contributed by atoms with Crippen molar-refractivity contribution in [3.8, 4) is 0 Å². The molecular weight excluding hydrogens is 294 g/mol. The van der Waals surface area contributed by atoms with Crippen molar-refractivity contribution in [1.82, 2.24) is 10.3 Å². The van der Waals surface area contributed by atoms with E-state index >= 15 is 0 Å². The second kappa shape index (κ2) is 6.41. The van der Waals surface area contributed by atoms with Gasteiger partial charge >= 0.3 is 0 Å². The lowest BCUT2D eigenvalue weighted by atomic mass is 10.2. The number of aromatic nitrogens is 1. The van der Waals surface area contributed by atoms with Crippen LogP contribution in [0.15, 0.2) is 6.20 Å². The van der Waals surface area contributed by atoms with E-state index in [1.807, 2.05) is 13.1 Å². The lowest BCUT2D eigenvalue weighted by Gasteiger charge is -2.32. The van der Waals surface area contributed by atoms with Crippen LogP contribution in [0, 0.1) is 5.92 Å². The molecule has 0 spiro atoms. The van der Waals surface area contributed by atoms with Gasteiger partial charge in [-0.3, -0.25) is 0 Å². The fourth-order valence-corrected chi connectivity index (χ4v) is 4.84. The van der Waals surface area contributed by atoms with Gasteiger partial charge < -0.3 is 10.2 Å². The van der Waals surface area contributed by atoms with Gasteiger partial charge in [-0.1, -0.05) is 13.8 Å². The van der Waals surface area contributed by atoms with Crippen molar-refractivity contribution in [2.24, 2.45) is 5.92 Å². The molecule has 2 heterocycles. The Morgan fingerprint density at radius 3 is 2.95 bits per heavy atom. The van der Waals surface area contributed by atoms with E-state index in [2.05, 4.69) is 29.0 Å². The van der Waals surface area contributed by atoms with Crippen LogP contribution in [0.4, 0.5) is 5.13 Å². The Hall–Kier alpha value is -0.660. The molecule has 0 saturated carbocycles. The maximum Gasteiger partial charge on any atom is 0.185 e. The van der Waals surface area contributed by atoms with E-state index in [0.29, 0.717) is 12.5 Å². The summed E-state index contributed by atoms with van der Waals surface area (Å²) in [5.41, 5.74) is 0. The number of anilines is 1. The van der Waals surface area contributed by atoms with Gasteiger partial charge in [-0.05, 0) is 19.4 Å². The predicted octanol–water partition coefficient (Wildman–Crippen LogP) is 1.51. The predicted molar refractivity (Wildman–Crippen MR) is 84.1 cm³/mol. The molecule has 20 heavy (non-hydrogen) atoms. The summed E-state index contributed by atoms with van der Waals surface area (Å²) in [5, 5.41) is 4.34. The van der Waals surface area contributed by atoms with Crippen molar-refractivity contribution in [2.75, 3.05) is 29.5 Å². The standard InChI is InChI=1S/C13H23N3O2S2/c1-10(2)6-14-7-12-8-15-13(19-12)16-4-5-20(17,18)9-11(16)3/h8,10-11,14H,4-7,9H2,1-3H3. The highest BCUT2D eigenvalue weighted by atomic mass is 32.2. The quantitative estimate of drug-likeness (QED) is 0.892. The van der Waals surface area contributed by atoms with Crippen LogP contribution in [0.5, 0.6) is 0 Å². The molecule has 1 N–H and O–H groups in total. The molecule has 1 unspecified atom stereocenters. The van der Waals surface area contributed by atoms with Crippen LogP contribution in [-0.2, 0) is 16.4 Å². The number of nitrogens with one attached hydrogen (secondary N) is 1. The lowest BCUT2D eigenvalue weighted by Crippen LogP contribution is -2.46. The summed E-state index contributed by atoms with van der Waals surface area (Å²) in [6.07, 6.45) is 1.89. The molecule has 1 aliphatic heterocycles. The summed E-state index contributed by atoms with van der Waals surface area (Å²) in [7, 11) is -2.87. The van der Waals surface area contributed by atoms with Crippen LogP contribution < -0.4 is 10.2 Å². The summed E-state index contributed by atoms with van der Waals surface area (Å²) in [5.74, 6) is 1.10. The fourth-order valence-electron chi connectivity index (χ4n) is 2.28. The summed E-state index contributed by atoms with van der Waals surface area (Å²) >= 11 is 1.65. The van der Waals surface area contributed by atoms with E-state index in [-0.39, 0.29) is 17.5 Å². The van der Waals surface area contributed by atoms with Gasteiger partial charge in [0.25, 0.3) is 0 Å². The maximum absolute atomic E-state index is 11.6. The Morgan fingerprint density at radius 2 is 2.30 bits per heavy atom. The molecule has 5 nitrogen and oxygen atoms in total. The normalized spacial score (nSPS) is 22.4. The smallest absolute Gasteiger partial charge is 0.185 e. The summed E-state index contributed by atoms with van der Waals surface area (Å²) in [6, 6.07) is 0.0105. The average molecular weight is 317 g/mol. The van der Waals surface area contributed by atoms with Gasteiger partial charge in [-0.2, -0.15) is 0 Å². The monoisotopic (exact) mass is 317 g/mol. The molecule has 1 fully saturated rings. The van der Waals surface area contributed by atoms with Gasteiger partial charge in [0.1, 0.15) is 0 Å². The molecule has 1 saturated heterocycles. The fraction of sp³-hybridized carbons (Fsp3) is 0.769. The zero-order chi connectivity index (χ0) is 14.8. The third kappa shape index (κ3) is 4.17. The summed E-state index contributed by atoms with van der Waals surface area (Å²) in [4.78, 5) is 7.75. The molecule has 0 amide bonds. The molecule has 0 aromatic carbocycles. The van der Waals surface area contributed by atoms with Crippen LogP contribution >= 0.6 is 11.3 Å². The van der Waals surface area contributed by atoms with Gasteiger partial charge in [0.05, 0.1) is 11.5 Å². The highest BCUT2D eigenvalue weighted by Crippen LogP contribution is 2.26. The van der Waals surface area contributed by atoms with E-state index in [0.717, 1.165) is 18.2 Å². The third-order valence-electron chi connectivity index (χ3n) is 3.31. The Bertz CT molecular complexity index is 540. The zero-order valence-electron chi connectivity index (χ0n) is 12.3. The molecule has 7 heteroatoms. The third-order valence-corrected chi connectivity index (χ3v) is 6.14. The van der Waals surface area contributed by atoms with Crippen LogP contribution in [-0.4, -0.2) is 44.0 Å². The highest BCUT2D eigenvalue weighted by molar-refractivity contribution is 7.91. The number of nitrogens with zero attached hydrogens (tertiary/aromatic N) is 2. The SMILES string of the molecule is CC(C)CNCc1cnc(N2CCS(=O)(=O)CC2C)s1. The minimum Gasteiger partial charge on any atom is -0.343 e. The van der Waals surface area contributed by atoms with Gasteiger partial charge in [-0.25, -0.2) is 13.4 Å². The number of sulfone groups is 1. The molecule has 2 rings (SSSR count). The van der Waals surface area contributed by atoms with E-state index in [9.17, 15) is 8.42 Å². The molecule has 0 radical (unpaired) electrons. The van der Waals surface area contributed by atoms with E-state index < -0.39 is 9.84 Å². The van der Waals surface area contributed by atoms with Crippen molar-refractivity contribution in [2.45, 2.75) is 33.4 Å². The van der Waals surface area contributed by atoms with Crippen LogP contribution in [0.2, 0.25) is 0 Å². The topological polar surface area (TPSA) is 62.3 Å². The minimum atomic E-state index is -2.87. The number of rotatable bonds is 5. The lowest BCUT2D eigenvalue weighted by molar-refractivity contribution is 0.554. The van der Waals surface area contributed by atoms with Crippen molar-refractivity contribution in [3.05, 3.63) is 11.1 Å². The summed E-state index contributed by atoms with van der Waals surface area (Å²) < 4.78 is 23.2. The molecule has 1 aromatic heterocycles. The average Bonchev–Trinajstić information content (AvgIpc) is 2.75. The maximum atomic E-state index is 11.6. The van der Waals surface area contributed by atoms with Gasteiger partial charge in [0.15, 0.2) is 15.0 Å². The van der Waals surface area contributed by atoms with E-state index in [1.165, 1.54) is 4.88 Å². The molecule has 0 bridgehead atoms. The number of hydrogen-bond acceptors (Lipinski definition) is 6. The van der Waals surface area contributed by atoms with Crippen LogP contribution in [0.25, 0.3) is 0 Å².